The van der Waals surface area contributed by atoms with Crippen LogP contribution in [0.15, 0.2) is 30.5 Å². The predicted molar refractivity (Wildman–Crippen MR) is 81.9 cm³/mol. The number of piperidine rings is 1. The number of benzene rings is 1. The van der Waals surface area contributed by atoms with Gasteiger partial charge in [-0.05, 0) is 24.1 Å². The first-order chi connectivity index (χ1) is 10.2. The third-order valence-electron chi connectivity index (χ3n) is 4.12. The van der Waals surface area contributed by atoms with Gasteiger partial charge in [-0.15, -0.1) is 0 Å². The quantitative estimate of drug-likeness (QED) is 0.879. The Hall–Kier alpha value is -2.14. The van der Waals surface area contributed by atoms with Crippen LogP contribution in [0.2, 0.25) is 0 Å². The molecule has 2 heterocycles. The third kappa shape index (κ3) is 2.56. The van der Waals surface area contributed by atoms with Gasteiger partial charge in [-0.1, -0.05) is 24.3 Å². The van der Waals surface area contributed by atoms with Gasteiger partial charge in [-0.2, -0.15) is 0 Å². The smallest absolute Gasteiger partial charge is 0.256 e. The number of rotatable bonds is 2. The molecule has 0 radical (unpaired) electrons. The minimum absolute atomic E-state index is 0.0307. The number of nitrogen functional groups attached to an aromatic ring is 1. The number of hydrogen-bond acceptors (Lipinski definition) is 4. The maximum atomic E-state index is 12.7. The van der Waals surface area contributed by atoms with Gasteiger partial charge in [0.15, 0.2) is 0 Å². The summed E-state index contributed by atoms with van der Waals surface area (Å²) in [6.45, 7) is 1.46. The van der Waals surface area contributed by atoms with Gasteiger partial charge in [0.2, 0.25) is 0 Å². The molecule has 1 aliphatic heterocycles. The Morgan fingerprint density at radius 1 is 1.38 bits per heavy atom. The zero-order valence-corrected chi connectivity index (χ0v) is 11.8. The number of carbonyl (C=O) groups excluding carboxylic acids is 1. The molecule has 0 spiro atoms. The largest absolute Gasteiger partial charge is 0.396 e. The highest BCUT2D eigenvalue weighted by Gasteiger charge is 2.25. The van der Waals surface area contributed by atoms with E-state index >= 15 is 0 Å². The second kappa shape index (κ2) is 5.69. The molecule has 1 aliphatic rings. The zero-order chi connectivity index (χ0) is 14.8. The molecule has 0 aliphatic carbocycles. The van der Waals surface area contributed by atoms with Crippen LogP contribution in [0, 0.1) is 5.92 Å². The van der Waals surface area contributed by atoms with Crippen LogP contribution in [0.5, 0.6) is 0 Å². The summed E-state index contributed by atoms with van der Waals surface area (Å²) in [5, 5.41) is 10.9. The second-order valence-electron chi connectivity index (χ2n) is 5.54. The number of nitrogens with two attached hydrogens (primary N) is 1. The van der Waals surface area contributed by atoms with E-state index in [-0.39, 0.29) is 18.4 Å². The van der Waals surface area contributed by atoms with Crippen molar-refractivity contribution in [3.63, 3.8) is 0 Å². The molecule has 2 aromatic rings. The molecule has 21 heavy (non-hydrogen) atoms. The van der Waals surface area contributed by atoms with Gasteiger partial charge < -0.3 is 15.7 Å². The molecule has 1 aromatic heterocycles. The molecule has 0 saturated carbocycles. The Morgan fingerprint density at radius 3 is 2.90 bits per heavy atom. The van der Waals surface area contributed by atoms with Crippen molar-refractivity contribution < 1.29 is 9.90 Å². The van der Waals surface area contributed by atoms with E-state index in [0.29, 0.717) is 17.9 Å². The van der Waals surface area contributed by atoms with Gasteiger partial charge in [-0.25, -0.2) is 4.98 Å². The van der Waals surface area contributed by atoms with Crippen molar-refractivity contribution in [1.29, 1.82) is 0 Å². The normalized spacial score (nSPS) is 18.9. The molecule has 1 unspecified atom stereocenters. The fraction of sp³-hybridized carbons (Fsp3) is 0.375. The van der Waals surface area contributed by atoms with Crippen molar-refractivity contribution in [2.75, 3.05) is 25.4 Å². The van der Waals surface area contributed by atoms with Crippen LogP contribution in [0.1, 0.15) is 23.2 Å². The van der Waals surface area contributed by atoms with Crippen molar-refractivity contribution in [3.8, 4) is 0 Å². The van der Waals surface area contributed by atoms with Gasteiger partial charge in [0.05, 0.1) is 5.56 Å². The number of hydrogen-bond donors (Lipinski definition) is 2. The van der Waals surface area contributed by atoms with E-state index in [1.165, 1.54) is 0 Å². The van der Waals surface area contributed by atoms with Crippen LogP contribution < -0.4 is 5.73 Å². The van der Waals surface area contributed by atoms with E-state index in [0.717, 1.165) is 30.2 Å². The molecule has 1 fully saturated rings. The lowest BCUT2D eigenvalue weighted by atomic mass is 9.97. The number of aliphatic hydroxyl groups excluding tert-OH is 1. The summed E-state index contributed by atoms with van der Waals surface area (Å²) >= 11 is 0. The summed E-state index contributed by atoms with van der Waals surface area (Å²) in [4.78, 5) is 18.7. The van der Waals surface area contributed by atoms with E-state index in [4.69, 9.17) is 5.73 Å². The van der Waals surface area contributed by atoms with Crippen LogP contribution in [0.3, 0.4) is 0 Å². The molecule has 1 atom stereocenters. The Balaban J connectivity index is 1.96. The fourth-order valence-corrected chi connectivity index (χ4v) is 2.95. The highest BCUT2D eigenvalue weighted by molar-refractivity contribution is 6.08. The van der Waals surface area contributed by atoms with Crippen molar-refractivity contribution in [1.82, 2.24) is 9.88 Å². The molecular formula is C16H19N3O2. The average Bonchev–Trinajstić information content (AvgIpc) is 2.55. The van der Waals surface area contributed by atoms with Crippen molar-refractivity contribution >= 4 is 22.5 Å². The number of anilines is 1. The molecule has 3 rings (SSSR count). The number of amides is 1. The summed E-state index contributed by atoms with van der Waals surface area (Å²) in [6, 6.07) is 7.55. The van der Waals surface area contributed by atoms with Crippen LogP contribution in [-0.2, 0) is 0 Å². The number of pyridine rings is 1. The standard InChI is InChI=1S/C16H19N3O2/c17-15-13-6-2-1-5-12(13)14(8-18-15)16(21)19-7-3-4-11(9-19)10-20/h1-2,5-6,8,11,20H,3-4,7,9-10H2,(H2,17,18). The minimum atomic E-state index is -0.0307. The van der Waals surface area contributed by atoms with Crippen molar-refractivity contribution in [2.24, 2.45) is 5.92 Å². The summed E-state index contributed by atoms with van der Waals surface area (Å²) < 4.78 is 0. The van der Waals surface area contributed by atoms with E-state index < -0.39 is 0 Å². The Labute approximate surface area is 123 Å². The molecule has 3 N–H and O–H groups in total. The highest BCUT2D eigenvalue weighted by atomic mass is 16.3. The van der Waals surface area contributed by atoms with Crippen LogP contribution in [0.25, 0.3) is 10.8 Å². The monoisotopic (exact) mass is 285 g/mol. The number of nitrogens with zero attached hydrogens (tertiary/aromatic N) is 2. The minimum Gasteiger partial charge on any atom is -0.396 e. The van der Waals surface area contributed by atoms with Crippen molar-refractivity contribution in [2.45, 2.75) is 12.8 Å². The van der Waals surface area contributed by atoms with Gasteiger partial charge in [0.25, 0.3) is 5.91 Å². The van der Waals surface area contributed by atoms with Gasteiger partial charge >= 0.3 is 0 Å². The number of likely N-dealkylation sites (tertiary alicyclic amines) is 1. The maximum absolute atomic E-state index is 12.7. The molecule has 5 heteroatoms. The van der Waals surface area contributed by atoms with Gasteiger partial charge in [-0.3, -0.25) is 4.79 Å². The van der Waals surface area contributed by atoms with Gasteiger partial charge in [0, 0.05) is 31.3 Å². The average molecular weight is 285 g/mol. The van der Waals surface area contributed by atoms with Crippen LogP contribution >= 0.6 is 0 Å². The first-order valence-corrected chi connectivity index (χ1v) is 7.24. The van der Waals surface area contributed by atoms with Crippen LogP contribution in [0.4, 0.5) is 5.82 Å². The maximum Gasteiger partial charge on any atom is 0.256 e. The predicted octanol–water partition coefficient (Wildman–Crippen LogP) is 1.66. The van der Waals surface area contributed by atoms with Crippen molar-refractivity contribution in [3.05, 3.63) is 36.0 Å². The molecule has 0 bridgehead atoms. The topological polar surface area (TPSA) is 79.5 Å². The third-order valence-corrected chi connectivity index (χ3v) is 4.12. The highest BCUT2D eigenvalue weighted by Crippen LogP contribution is 2.25. The molecule has 1 aromatic carbocycles. The summed E-state index contributed by atoms with van der Waals surface area (Å²) in [5.74, 6) is 0.585. The molecule has 1 saturated heterocycles. The van der Waals surface area contributed by atoms with Gasteiger partial charge in [0.1, 0.15) is 5.82 Å². The van der Waals surface area contributed by atoms with E-state index in [1.807, 2.05) is 29.2 Å². The lowest BCUT2D eigenvalue weighted by Gasteiger charge is -2.32. The molecule has 1 amide bonds. The summed E-state index contributed by atoms with van der Waals surface area (Å²) in [7, 11) is 0. The number of aliphatic hydroxyl groups is 1. The van der Waals surface area contributed by atoms with E-state index in [9.17, 15) is 9.90 Å². The van der Waals surface area contributed by atoms with E-state index in [2.05, 4.69) is 4.98 Å². The van der Waals surface area contributed by atoms with Crippen LogP contribution in [-0.4, -0.2) is 40.6 Å². The second-order valence-corrected chi connectivity index (χ2v) is 5.54. The van der Waals surface area contributed by atoms with E-state index in [1.54, 1.807) is 6.20 Å². The summed E-state index contributed by atoms with van der Waals surface area (Å²) in [6.07, 6.45) is 3.46. The first kappa shape index (κ1) is 13.8. The Morgan fingerprint density at radius 2 is 2.14 bits per heavy atom. The number of carbonyl (C=O) groups is 1. The number of aromatic nitrogens is 1. The lowest BCUT2D eigenvalue weighted by molar-refractivity contribution is 0.0622. The SMILES string of the molecule is Nc1ncc(C(=O)N2CCCC(CO)C2)c2ccccc12. The lowest BCUT2D eigenvalue weighted by Crippen LogP contribution is -2.41. The Kier molecular flexibility index (Phi) is 3.75. The Bertz CT molecular complexity index is 672. The fourth-order valence-electron chi connectivity index (χ4n) is 2.95. The molecule has 110 valence electrons. The zero-order valence-electron chi connectivity index (χ0n) is 11.8. The number of fused-ring (bicyclic) bond motifs is 1. The first-order valence-electron chi connectivity index (χ1n) is 7.24. The molecule has 5 nitrogen and oxygen atoms in total. The molecular weight excluding hydrogens is 266 g/mol. The summed E-state index contributed by atoms with van der Waals surface area (Å²) in [5.41, 5.74) is 6.46.